The molecule has 1 N–H and O–H groups in total. The third-order valence-electron chi connectivity index (χ3n) is 5.34. The summed E-state index contributed by atoms with van der Waals surface area (Å²) in [6.07, 6.45) is 1.28. The Morgan fingerprint density at radius 3 is 2.33 bits per heavy atom. The topological polar surface area (TPSA) is 77.5 Å². The number of Topliss-reactive ketones (excluding diaryl/α,β-unsaturated/α-hetero) is 1. The molecule has 1 aliphatic rings. The van der Waals surface area contributed by atoms with E-state index in [1.807, 2.05) is 0 Å². The second kappa shape index (κ2) is 11.3. The van der Waals surface area contributed by atoms with Gasteiger partial charge in [0.1, 0.15) is 12.7 Å². The zero-order valence-corrected chi connectivity index (χ0v) is 18.9. The van der Waals surface area contributed by atoms with E-state index in [-0.39, 0.29) is 23.9 Å². The van der Waals surface area contributed by atoms with E-state index in [1.54, 1.807) is 30.3 Å². The third kappa shape index (κ3) is 7.03. The van der Waals surface area contributed by atoms with Crippen LogP contribution in [-0.2, 0) is 6.54 Å². The Hall–Kier alpha value is -2.91. The van der Waals surface area contributed by atoms with Crippen LogP contribution >= 0.6 is 0 Å². The number of carbonyl (C=O) groups excluding carboxylic acids is 1. The van der Waals surface area contributed by atoms with Crippen LogP contribution in [0.5, 0.6) is 23.0 Å². The van der Waals surface area contributed by atoms with Crippen molar-refractivity contribution in [2.75, 3.05) is 27.4 Å². The number of ketones is 1. The molecule has 33 heavy (non-hydrogen) atoms. The van der Waals surface area contributed by atoms with E-state index in [4.69, 9.17) is 14.2 Å². The minimum absolute atomic E-state index is 0.0209. The van der Waals surface area contributed by atoms with Crippen molar-refractivity contribution in [2.45, 2.75) is 45.1 Å². The Morgan fingerprint density at radius 1 is 1.06 bits per heavy atom. The Labute approximate surface area is 191 Å². The zero-order valence-electron chi connectivity index (χ0n) is 18.9. The predicted octanol–water partition coefficient (Wildman–Crippen LogP) is 3.91. The number of nitrogens with zero attached hydrogens (tertiary/aromatic N) is 1. The molecule has 0 bridgehead atoms. The molecule has 9 heteroatoms. The Kier molecular flexibility index (Phi) is 8.46. The van der Waals surface area contributed by atoms with Crippen molar-refractivity contribution >= 4 is 5.78 Å². The van der Waals surface area contributed by atoms with Gasteiger partial charge in [-0.05, 0) is 55.7 Å². The monoisotopic (exact) mass is 465 g/mol. The maximum absolute atomic E-state index is 12.6. The zero-order chi connectivity index (χ0) is 24.0. The number of benzene rings is 2. The van der Waals surface area contributed by atoms with Crippen LogP contribution in [0.3, 0.4) is 0 Å². The summed E-state index contributed by atoms with van der Waals surface area (Å²) in [4.78, 5) is 13.7. The smallest absolute Gasteiger partial charge is 0.387 e. The van der Waals surface area contributed by atoms with Gasteiger partial charge in [-0.15, -0.1) is 0 Å². The summed E-state index contributed by atoms with van der Waals surface area (Å²) in [6, 6.07) is 10.1. The molecule has 0 heterocycles. The summed E-state index contributed by atoms with van der Waals surface area (Å²) in [5, 5.41) is 10.6. The van der Waals surface area contributed by atoms with Gasteiger partial charge in [0.15, 0.2) is 28.8 Å². The number of hydrogen-bond donors (Lipinski definition) is 1. The average Bonchev–Trinajstić information content (AvgIpc) is 3.63. The highest BCUT2D eigenvalue weighted by atomic mass is 19.3. The molecule has 0 spiro atoms. The number of carbonyl (C=O) groups is 1. The summed E-state index contributed by atoms with van der Waals surface area (Å²) in [6.45, 7) is -0.524. The van der Waals surface area contributed by atoms with Crippen LogP contribution in [0.2, 0.25) is 0 Å². The number of aliphatic hydroxyl groups excluding tert-OH is 1. The molecule has 1 unspecified atom stereocenters. The summed E-state index contributed by atoms with van der Waals surface area (Å²) < 4.78 is 45.8. The van der Waals surface area contributed by atoms with E-state index >= 15 is 0 Å². The molecule has 1 fully saturated rings. The van der Waals surface area contributed by atoms with Gasteiger partial charge in [0.2, 0.25) is 0 Å². The van der Waals surface area contributed by atoms with Gasteiger partial charge in [-0.2, -0.15) is 8.78 Å². The van der Waals surface area contributed by atoms with Crippen molar-refractivity contribution in [3.63, 3.8) is 0 Å². The first-order valence-corrected chi connectivity index (χ1v) is 10.7. The first kappa shape index (κ1) is 24.7. The minimum Gasteiger partial charge on any atom is -0.493 e. The minimum atomic E-state index is -2.93. The van der Waals surface area contributed by atoms with Crippen molar-refractivity contribution < 1.29 is 37.6 Å². The average molecular weight is 465 g/mol. The van der Waals surface area contributed by atoms with Crippen LogP contribution in [0.1, 0.15) is 35.7 Å². The molecule has 0 aliphatic heterocycles. The summed E-state index contributed by atoms with van der Waals surface area (Å²) in [7, 11) is 2.89. The second-order valence-electron chi connectivity index (χ2n) is 7.91. The lowest BCUT2D eigenvalue weighted by molar-refractivity contribution is -0.0512. The van der Waals surface area contributed by atoms with Crippen molar-refractivity contribution in [1.29, 1.82) is 0 Å². The fourth-order valence-electron chi connectivity index (χ4n) is 3.54. The lowest BCUT2D eigenvalue weighted by atomic mass is 10.1. The Bertz CT molecular complexity index is 951. The molecular formula is C24H29F2NO6. The number of hydrogen-bond acceptors (Lipinski definition) is 7. The first-order valence-electron chi connectivity index (χ1n) is 10.7. The maximum atomic E-state index is 12.6. The van der Waals surface area contributed by atoms with Gasteiger partial charge >= 0.3 is 6.61 Å². The molecule has 3 rings (SSSR count). The highest BCUT2D eigenvalue weighted by Gasteiger charge is 2.30. The number of halogens is 2. The molecule has 2 aromatic rings. The molecule has 0 saturated heterocycles. The van der Waals surface area contributed by atoms with Crippen molar-refractivity contribution in [3.05, 3.63) is 47.5 Å². The van der Waals surface area contributed by atoms with Crippen LogP contribution in [0.25, 0.3) is 0 Å². The lowest BCUT2D eigenvalue weighted by Crippen LogP contribution is -2.36. The van der Waals surface area contributed by atoms with Crippen LogP contribution in [0.15, 0.2) is 36.4 Å². The fourth-order valence-corrected chi connectivity index (χ4v) is 3.54. The lowest BCUT2D eigenvalue weighted by Gasteiger charge is -2.25. The summed E-state index contributed by atoms with van der Waals surface area (Å²) in [5.41, 5.74) is 1.37. The number of aliphatic hydroxyl groups is 1. The highest BCUT2D eigenvalue weighted by molar-refractivity contribution is 5.94. The second-order valence-corrected chi connectivity index (χ2v) is 7.91. The molecule has 1 aliphatic carbocycles. The third-order valence-corrected chi connectivity index (χ3v) is 5.34. The summed E-state index contributed by atoms with van der Waals surface area (Å²) >= 11 is 0. The molecule has 1 atom stereocenters. The van der Waals surface area contributed by atoms with E-state index in [0.717, 1.165) is 18.4 Å². The Balaban J connectivity index is 1.61. The number of ether oxygens (including phenoxy) is 4. The molecule has 7 nitrogen and oxygen atoms in total. The van der Waals surface area contributed by atoms with Gasteiger partial charge in [0.05, 0.1) is 14.2 Å². The standard InChI is InChI=1S/C24H29F2NO6/c1-15(28)17-5-9-20(23(11-17)31-3)32-14-19(29)13-27(18-6-7-18)12-16-4-8-21(33-24(25)26)22(10-16)30-2/h4-5,8-11,18-19,24,29H,6-7,12-14H2,1-3H3. The quantitative estimate of drug-likeness (QED) is 0.450. The van der Waals surface area contributed by atoms with Gasteiger partial charge in [0.25, 0.3) is 0 Å². The van der Waals surface area contributed by atoms with Crippen LogP contribution in [0, 0.1) is 0 Å². The van der Waals surface area contributed by atoms with E-state index < -0.39 is 12.7 Å². The van der Waals surface area contributed by atoms with E-state index in [2.05, 4.69) is 9.64 Å². The molecule has 180 valence electrons. The van der Waals surface area contributed by atoms with Crippen LogP contribution in [-0.4, -0.2) is 61.9 Å². The van der Waals surface area contributed by atoms with E-state index in [1.165, 1.54) is 27.2 Å². The van der Waals surface area contributed by atoms with Crippen LogP contribution < -0.4 is 18.9 Å². The molecule has 0 aromatic heterocycles. The van der Waals surface area contributed by atoms with Gasteiger partial charge in [-0.25, -0.2) is 0 Å². The molecule has 0 amide bonds. The van der Waals surface area contributed by atoms with Crippen LogP contribution in [0.4, 0.5) is 8.78 Å². The van der Waals surface area contributed by atoms with Gasteiger partial charge in [0, 0.05) is 24.7 Å². The largest absolute Gasteiger partial charge is 0.493 e. The van der Waals surface area contributed by atoms with Crippen molar-refractivity contribution in [1.82, 2.24) is 4.90 Å². The van der Waals surface area contributed by atoms with E-state index in [9.17, 15) is 18.7 Å². The van der Waals surface area contributed by atoms with Gasteiger partial charge in [-0.1, -0.05) is 6.07 Å². The normalized spacial score (nSPS) is 14.3. The SMILES string of the molecule is COc1cc(C(C)=O)ccc1OCC(O)CN(Cc1ccc(OC(F)F)c(OC)c1)C1CC1. The number of rotatable bonds is 13. The molecular weight excluding hydrogens is 436 g/mol. The number of methoxy groups -OCH3 is 2. The van der Waals surface area contributed by atoms with Crippen molar-refractivity contribution in [3.8, 4) is 23.0 Å². The maximum Gasteiger partial charge on any atom is 0.387 e. The highest BCUT2D eigenvalue weighted by Crippen LogP contribution is 2.33. The fraction of sp³-hybridized carbons (Fsp3) is 0.458. The number of alkyl halides is 2. The van der Waals surface area contributed by atoms with E-state index in [0.29, 0.717) is 36.2 Å². The summed E-state index contributed by atoms with van der Waals surface area (Å²) in [5.74, 6) is 0.998. The Morgan fingerprint density at radius 2 is 1.73 bits per heavy atom. The predicted molar refractivity (Wildman–Crippen MR) is 118 cm³/mol. The molecule has 1 saturated carbocycles. The molecule has 2 aromatic carbocycles. The van der Waals surface area contributed by atoms with Crippen molar-refractivity contribution in [2.24, 2.45) is 0 Å². The van der Waals surface area contributed by atoms with Gasteiger partial charge < -0.3 is 24.1 Å². The first-order chi connectivity index (χ1) is 15.8. The molecule has 0 radical (unpaired) electrons. The van der Waals surface area contributed by atoms with Gasteiger partial charge in [-0.3, -0.25) is 9.69 Å².